The van der Waals surface area contributed by atoms with Crippen molar-refractivity contribution >= 4 is 60.3 Å². The highest BCUT2D eigenvalue weighted by molar-refractivity contribution is 7.48. The molecule has 7 aromatic carbocycles. The van der Waals surface area contributed by atoms with Crippen LogP contribution in [0.3, 0.4) is 0 Å². The number of fused-ring (bicyclic) bond motifs is 6. The minimum absolute atomic E-state index is 0.121. The number of allylic oxidation sites excluding steroid dienone is 1. The molecule has 0 saturated heterocycles. The Morgan fingerprint density at radius 3 is 1.44 bits per heavy atom. The fraction of sp³-hybridized carbons (Fsp3) is 0.214. The Morgan fingerprint density at radius 2 is 0.952 bits per heavy atom. The first-order chi connectivity index (χ1) is 31.0. The van der Waals surface area contributed by atoms with E-state index in [9.17, 15) is 4.89 Å². The van der Waals surface area contributed by atoms with E-state index in [-0.39, 0.29) is 11.5 Å². The van der Waals surface area contributed by atoms with Gasteiger partial charge in [-0.2, -0.15) is 0 Å². The average Bonchev–Trinajstić information content (AvgIpc) is 3.47. The number of aryl methyl sites for hydroxylation is 1. The highest BCUT2D eigenvalue weighted by Gasteiger charge is 2.59. The fourth-order valence-corrected chi connectivity index (χ4v) is 24.4. The van der Waals surface area contributed by atoms with E-state index in [0.717, 1.165) is 68.5 Å². The Bertz CT molecular complexity index is 2630. The third kappa shape index (κ3) is 6.73. The first-order valence-electron chi connectivity index (χ1n) is 22.9. The van der Waals surface area contributed by atoms with Gasteiger partial charge in [0.2, 0.25) is 0 Å². The molecule has 3 aliphatic carbocycles. The Balaban J connectivity index is 1.28. The summed E-state index contributed by atoms with van der Waals surface area (Å²) in [5.74, 6) is 0.336. The van der Waals surface area contributed by atoms with Crippen molar-refractivity contribution in [3.63, 3.8) is 0 Å². The summed E-state index contributed by atoms with van der Waals surface area (Å²) in [5.41, 5.74) is 6.59. The summed E-state index contributed by atoms with van der Waals surface area (Å²) < 4.78 is 29.6. The highest BCUT2D eigenvalue weighted by atomic mass is 31.2. The maximum Gasteiger partial charge on any atom is 0.527 e. The summed E-state index contributed by atoms with van der Waals surface area (Å²) in [4.78, 5) is 12.7. The predicted molar refractivity (Wildman–Crippen MR) is 263 cm³/mol. The molecule has 1 heterocycles. The van der Waals surface area contributed by atoms with Gasteiger partial charge in [0, 0.05) is 11.5 Å². The zero-order valence-electron chi connectivity index (χ0n) is 35.6. The highest BCUT2D eigenvalue weighted by Crippen LogP contribution is 2.62. The van der Waals surface area contributed by atoms with Crippen LogP contribution in [-0.2, 0) is 21.9 Å². The lowest BCUT2D eigenvalue weighted by Crippen LogP contribution is -2.75. The largest absolute Gasteiger partial charge is 0.527 e. The molecule has 4 nitrogen and oxygen atoms in total. The van der Waals surface area contributed by atoms with E-state index in [1.165, 1.54) is 53.4 Å². The zero-order chi connectivity index (χ0) is 42.4. The van der Waals surface area contributed by atoms with Gasteiger partial charge in [-0.1, -0.05) is 199 Å². The first kappa shape index (κ1) is 40.4. The minimum Gasteiger partial charge on any atom is -0.404 e. The average molecular weight is 877 g/mol. The van der Waals surface area contributed by atoms with Gasteiger partial charge in [0.05, 0.1) is 6.10 Å². The molecule has 0 fully saturated rings. The van der Waals surface area contributed by atoms with Crippen molar-refractivity contribution in [1.82, 2.24) is 0 Å². The molecule has 4 aliphatic rings. The monoisotopic (exact) mass is 876 g/mol. The van der Waals surface area contributed by atoms with E-state index in [1.807, 2.05) is 0 Å². The van der Waals surface area contributed by atoms with Crippen LogP contribution < -0.4 is 40.8 Å². The maximum atomic E-state index is 15.5. The standard InChI is InChI=1S/C56H53O4PSi2/c57-61(58)59-55-51(62(43-25-7-1-8-26-43,44-27-9-2-10-28-44)45-29-11-3-12-30-45)39-41-23-19-21-37-49(41)53(55)54-50-38-22-20-24-42(50)40-52(56(54)60-61)63(46-31-13-4-14-32-46,47-33-15-5-16-34-47)48-35-17-6-18-36-48/h1-18,25-36,39,52,54,56H,19-24,37-38,40H2,(H,57,58)/t52?,54-,56-/m1/s1. The van der Waals surface area contributed by atoms with Crippen molar-refractivity contribution in [2.75, 3.05) is 0 Å². The van der Waals surface area contributed by atoms with Crippen LogP contribution in [0.4, 0.5) is 0 Å². The second kappa shape index (κ2) is 16.7. The van der Waals surface area contributed by atoms with Crippen LogP contribution in [-0.4, -0.2) is 27.1 Å². The smallest absolute Gasteiger partial charge is 0.404 e. The van der Waals surface area contributed by atoms with E-state index in [0.29, 0.717) is 5.75 Å². The van der Waals surface area contributed by atoms with E-state index in [1.54, 1.807) is 0 Å². The Labute approximate surface area is 374 Å². The van der Waals surface area contributed by atoms with Crippen molar-refractivity contribution in [1.29, 1.82) is 0 Å². The molecule has 0 bridgehead atoms. The van der Waals surface area contributed by atoms with Crippen LogP contribution in [0.1, 0.15) is 67.6 Å². The van der Waals surface area contributed by atoms with Crippen molar-refractivity contribution < 1.29 is 18.5 Å². The number of benzene rings is 7. The summed E-state index contributed by atoms with van der Waals surface area (Å²) in [6.07, 6.45) is 8.46. The van der Waals surface area contributed by atoms with Gasteiger partial charge in [-0.05, 0) is 111 Å². The molecule has 4 atom stereocenters. The number of phosphoric acid groups is 1. The molecule has 0 spiro atoms. The quantitative estimate of drug-likeness (QED) is 0.0719. The molecule has 0 aromatic heterocycles. The number of hydrogen-bond acceptors (Lipinski definition) is 3. The number of rotatable bonds is 8. The number of phosphoric ester groups is 1. The van der Waals surface area contributed by atoms with Gasteiger partial charge in [-0.25, -0.2) is 4.57 Å². The van der Waals surface area contributed by atoms with Gasteiger partial charge < -0.3 is 4.52 Å². The molecular weight excluding hydrogens is 824 g/mol. The Morgan fingerprint density at radius 1 is 0.524 bits per heavy atom. The zero-order valence-corrected chi connectivity index (χ0v) is 38.5. The van der Waals surface area contributed by atoms with Crippen LogP contribution in [0.5, 0.6) is 5.75 Å². The first-order valence-corrected chi connectivity index (χ1v) is 28.5. The predicted octanol–water partition coefficient (Wildman–Crippen LogP) is 8.72. The van der Waals surface area contributed by atoms with E-state index >= 15 is 4.57 Å². The van der Waals surface area contributed by atoms with Crippen LogP contribution >= 0.6 is 7.82 Å². The molecular formula is C56H53O4PSi2. The van der Waals surface area contributed by atoms with Crippen molar-refractivity contribution in [2.24, 2.45) is 0 Å². The molecule has 2 unspecified atom stereocenters. The molecule has 7 aromatic rings. The van der Waals surface area contributed by atoms with Crippen molar-refractivity contribution in [3.05, 3.63) is 216 Å². The second-order valence-electron chi connectivity index (χ2n) is 18.0. The van der Waals surface area contributed by atoms with Crippen LogP contribution in [0.15, 0.2) is 199 Å². The maximum absolute atomic E-state index is 15.5. The molecule has 0 amide bonds. The molecule has 0 radical (unpaired) electrons. The van der Waals surface area contributed by atoms with Gasteiger partial charge in [0.1, 0.15) is 5.75 Å². The summed E-state index contributed by atoms with van der Waals surface area (Å²) in [6.45, 7) is 0. The molecule has 1 N–H and O–H groups in total. The summed E-state index contributed by atoms with van der Waals surface area (Å²) in [7, 11) is -11.1. The molecule has 7 heteroatoms. The summed E-state index contributed by atoms with van der Waals surface area (Å²) in [5, 5.41) is 8.52. The molecule has 11 rings (SSSR count). The Kier molecular flexibility index (Phi) is 10.7. The molecule has 0 saturated carbocycles. The summed E-state index contributed by atoms with van der Waals surface area (Å²) >= 11 is 0. The van der Waals surface area contributed by atoms with Crippen LogP contribution in [0, 0.1) is 0 Å². The lowest BCUT2D eigenvalue weighted by molar-refractivity contribution is 0.119. The Hall–Kier alpha value is -5.34. The third-order valence-electron chi connectivity index (χ3n) is 14.9. The third-order valence-corrected chi connectivity index (χ3v) is 26.0. The normalized spacial score (nSPS) is 22.1. The van der Waals surface area contributed by atoms with Crippen molar-refractivity contribution in [2.45, 2.75) is 75.4 Å². The summed E-state index contributed by atoms with van der Waals surface area (Å²) in [6, 6.07) is 68.3. The fourth-order valence-electron chi connectivity index (χ4n) is 12.5. The second-order valence-corrected chi connectivity index (χ2v) is 27.2. The van der Waals surface area contributed by atoms with E-state index < -0.39 is 30.1 Å². The minimum atomic E-state index is -4.77. The molecule has 314 valence electrons. The SMILES string of the molecule is O=P1(O)Oc2c([Si](c3ccccc3)(c3ccccc3)c3ccccc3)cc3c(c2[C@H]2C4=C(CCCC4)CC([Si](c4ccccc4)(c4ccccc4)c4ccccc4)[C@H]2O1)CCCC3. The molecule has 1 aliphatic heterocycles. The van der Waals surface area contributed by atoms with Crippen LogP contribution in [0.2, 0.25) is 5.54 Å². The van der Waals surface area contributed by atoms with Gasteiger partial charge in [0.25, 0.3) is 0 Å². The van der Waals surface area contributed by atoms with Gasteiger partial charge in [0.15, 0.2) is 16.1 Å². The van der Waals surface area contributed by atoms with Gasteiger partial charge in [-0.15, -0.1) is 0 Å². The lowest BCUT2D eigenvalue weighted by Gasteiger charge is -2.50. The van der Waals surface area contributed by atoms with Crippen LogP contribution in [0.25, 0.3) is 0 Å². The number of hydrogen-bond donors (Lipinski definition) is 1. The van der Waals surface area contributed by atoms with Crippen molar-refractivity contribution in [3.8, 4) is 5.75 Å². The topological polar surface area (TPSA) is 55.8 Å². The van der Waals surface area contributed by atoms with Gasteiger partial charge >= 0.3 is 7.82 Å². The molecule has 63 heavy (non-hydrogen) atoms. The van der Waals surface area contributed by atoms with Gasteiger partial charge in [-0.3, -0.25) is 9.42 Å². The van der Waals surface area contributed by atoms with E-state index in [2.05, 4.69) is 188 Å². The lowest BCUT2D eigenvalue weighted by atomic mass is 9.69. The van der Waals surface area contributed by atoms with E-state index in [4.69, 9.17) is 9.05 Å².